The van der Waals surface area contributed by atoms with Gasteiger partial charge in [0.1, 0.15) is 5.75 Å². The number of rotatable bonds is 5. The minimum atomic E-state index is -2.91. The van der Waals surface area contributed by atoms with Crippen molar-refractivity contribution in [1.82, 2.24) is 5.32 Å². The molecule has 2 N–H and O–H groups in total. The van der Waals surface area contributed by atoms with E-state index in [0.717, 1.165) is 10.0 Å². The molecule has 0 aliphatic rings. The molecule has 0 fully saturated rings. The van der Waals surface area contributed by atoms with Crippen molar-refractivity contribution in [3.63, 3.8) is 0 Å². The smallest absolute Gasteiger partial charge is 0.387 e. The van der Waals surface area contributed by atoms with Crippen LogP contribution in [0.15, 0.2) is 46.9 Å². The fourth-order valence-electron chi connectivity index (χ4n) is 1.93. The number of hydrogen-bond donors (Lipinski definition) is 2. The molecule has 2 amide bonds. The van der Waals surface area contributed by atoms with Crippen molar-refractivity contribution in [2.75, 3.05) is 5.32 Å². The molecule has 0 heterocycles. The third kappa shape index (κ3) is 5.21. The highest BCUT2D eigenvalue weighted by atomic mass is 79.9. The van der Waals surface area contributed by atoms with Crippen molar-refractivity contribution in [3.05, 3.63) is 58.1 Å². The highest BCUT2D eigenvalue weighted by Crippen LogP contribution is 2.21. The minimum absolute atomic E-state index is 0.0430. The summed E-state index contributed by atoms with van der Waals surface area (Å²) in [5, 5.41) is 5.33. The predicted octanol–water partition coefficient (Wildman–Crippen LogP) is 4.68. The van der Waals surface area contributed by atoms with Crippen LogP contribution >= 0.6 is 15.9 Å². The van der Waals surface area contributed by atoms with Gasteiger partial charge >= 0.3 is 12.6 Å². The molecule has 0 radical (unpaired) electrons. The summed E-state index contributed by atoms with van der Waals surface area (Å²) in [6.07, 6.45) is 0. The number of carbonyl (C=O) groups excluding carboxylic acids is 1. The SMILES string of the molecule is Cc1ccc(Br)cc1NC(=O)NCc1ccccc1OC(F)F. The van der Waals surface area contributed by atoms with Crippen LogP contribution in [-0.4, -0.2) is 12.6 Å². The number of ether oxygens (including phenoxy) is 1. The fraction of sp³-hybridized carbons (Fsp3) is 0.188. The average molecular weight is 385 g/mol. The van der Waals surface area contributed by atoms with E-state index in [0.29, 0.717) is 11.3 Å². The Morgan fingerprint density at radius 1 is 1.26 bits per heavy atom. The Bertz CT molecular complexity index is 696. The largest absolute Gasteiger partial charge is 0.434 e. The monoisotopic (exact) mass is 384 g/mol. The number of amides is 2. The predicted molar refractivity (Wildman–Crippen MR) is 87.8 cm³/mol. The third-order valence-corrected chi connectivity index (χ3v) is 3.57. The van der Waals surface area contributed by atoms with Crippen molar-refractivity contribution in [2.45, 2.75) is 20.1 Å². The number of urea groups is 1. The Kier molecular flexibility index (Phi) is 5.92. The van der Waals surface area contributed by atoms with Crippen LogP contribution in [0.2, 0.25) is 0 Å². The first-order valence-electron chi connectivity index (χ1n) is 6.79. The molecule has 0 atom stereocenters. The summed E-state index contributed by atoms with van der Waals surface area (Å²) in [6, 6.07) is 11.4. The molecular formula is C16H15BrF2N2O2. The van der Waals surface area contributed by atoms with Gasteiger partial charge in [0, 0.05) is 22.3 Å². The molecule has 2 rings (SSSR count). The number of anilines is 1. The fourth-order valence-corrected chi connectivity index (χ4v) is 2.29. The van der Waals surface area contributed by atoms with Crippen molar-refractivity contribution < 1.29 is 18.3 Å². The lowest BCUT2D eigenvalue weighted by Gasteiger charge is -2.13. The van der Waals surface area contributed by atoms with Gasteiger partial charge in [0.2, 0.25) is 0 Å². The highest BCUT2D eigenvalue weighted by molar-refractivity contribution is 9.10. The molecule has 0 saturated heterocycles. The second kappa shape index (κ2) is 7.92. The van der Waals surface area contributed by atoms with E-state index < -0.39 is 12.6 Å². The number of nitrogens with one attached hydrogen (secondary N) is 2. The highest BCUT2D eigenvalue weighted by Gasteiger charge is 2.10. The molecule has 0 aliphatic carbocycles. The van der Waals surface area contributed by atoms with E-state index in [1.54, 1.807) is 24.3 Å². The maximum absolute atomic E-state index is 12.3. The van der Waals surface area contributed by atoms with Gasteiger partial charge in [0.05, 0.1) is 0 Å². The Morgan fingerprint density at radius 3 is 2.74 bits per heavy atom. The second-order valence-electron chi connectivity index (χ2n) is 4.75. The number of halogens is 3. The van der Waals surface area contributed by atoms with Crippen LogP contribution in [0.5, 0.6) is 5.75 Å². The van der Waals surface area contributed by atoms with Crippen molar-refractivity contribution in [1.29, 1.82) is 0 Å². The van der Waals surface area contributed by atoms with Gasteiger partial charge in [-0.2, -0.15) is 8.78 Å². The van der Waals surface area contributed by atoms with Crippen molar-refractivity contribution in [2.24, 2.45) is 0 Å². The standard InChI is InChI=1S/C16H15BrF2N2O2/c1-10-6-7-12(17)8-13(10)21-16(22)20-9-11-4-2-3-5-14(11)23-15(18)19/h2-8,15H,9H2,1H3,(H2,20,21,22). The molecule has 7 heteroatoms. The molecule has 23 heavy (non-hydrogen) atoms. The van der Waals surface area contributed by atoms with Crippen molar-refractivity contribution >= 4 is 27.6 Å². The number of benzene rings is 2. The van der Waals surface area contributed by atoms with E-state index in [-0.39, 0.29) is 12.3 Å². The zero-order chi connectivity index (χ0) is 16.8. The van der Waals surface area contributed by atoms with Gasteiger partial charge in [-0.1, -0.05) is 40.2 Å². The summed E-state index contributed by atoms with van der Waals surface area (Å²) in [4.78, 5) is 12.0. The van der Waals surface area contributed by atoms with Gasteiger partial charge in [0.25, 0.3) is 0 Å². The summed E-state index contributed by atoms with van der Waals surface area (Å²) in [7, 11) is 0. The van der Waals surface area contributed by atoms with E-state index in [4.69, 9.17) is 0 Å². The maximum Gasteiger partial charge on any atom is 0.387 e. The first kappa shape index (κ1) is 17.2. The first-order chi connectivity index (χ1) is 11.0. The summed E-state index contributed by atoms with van der Waals surface area (Å²) in [5.74, 6) is 0.0430. The van der Waals surface area contributed by atoms with Crippen LogP contribution in [0.3, 0.4) is 0 Å². The number of hydrogen-bond acceptors (Lipinski definition) is 2. The van der Waals surface area contributed by atoms with Gasteiger partial charge in [-0.25, -0.2) is 4.79 Å². The molecule has 0 saturated carbocycles. The molecular weight excluding hydrogens is 370 g/mol. The van der Waals surface area contributed by atoms with Crippen LogP contribution in [0.1, 0.15) is 11.1 Å². The molecule has 122 valence electrons. The van der Waals surface area contributed by atoms with Crippen LogP contribution in [-0.2, 0) is 6.54 Å². The van der Waals surface area contributed by atoms with Crippen LogP contribution < -0.4 is 15.4 Å². The van der Waals surface area contributed by atoms with Gasteiger partial charge in [0.15, 0.2) is 0 Å². The summed E-state index contributed by atoms with van der Waals surface area (Å²) >= 11 is 3.34. The molecule has 2 aromatic carbocycles. The Hall–Kier alpha value is -2.15. The first-order valence-corrected chi connectivity index (χ1v) is 7.58. The normalized spacial score (nSPS) is 10.5. The molecule has 2 aromatic rings. The van der Waals surface area contributed by atoms with Gasteiger partial charge in [-0.15, -0.1) is 0 Å². The van der Waals surface area contributed by atoms with E-state index in [1.165, 1.54) is 6.07 Å². The number of alkyl halides is 2. The molecule has 4 nitrogen and oxygen atoms in total. The Morgan fingerprint density at radius 2 is 2.00 bits per heavy atom. The summed E-state index contributed by atoms with van der Waals surface area (Å²) < 4.78 is 29.9. The molecule has 0 spiro atoms. The molecule has 0 unspecified atom stereocenters. The zero-order valence-electron chi connectivity index (χ0n) is 12.3. The van der Waals surface area contributed by atoms with E-state index in [9.17, 15) is 13.6 Å². The minimum Gasteiger partial charge on any atom is -0.434 e. The lowest BCUT2D eigenvalue weighted by molar-refractivity contribution is -0.0504. The molecule has 0 bridgehead atoms. The quantitative estimate of drug-likeness (QED) is 0.785. The number of aryl methyl sites for hydroxylation is 1. The van der Waals surface area contributed by atoms with Crippen molar-refractivity contribution in [3.8, 4) is 5.75 Å². The third-order valence-electron chi connectivity index (χ3n) is 3.08. The van der Waals surface area contributed by atoms with E-state index in [1.807, 2.05) is 19.1 Å². The Labute approximate surface area is 141 Å². The van der Waals surface area contributed by atoms with Gasteiger partial charge in [-0.05, 0) is 30.7 Å². The van der Waals surface area contributed by atoms with Gasteiger partial charge < -0.3 is 15.4 Å². The summed E-state index contributed by atoms with van der Waals surface area (Å²) in [5.41, 5.74) is 2.03. The average Bonchev–Trinajstić information content (AvgIpc) is 2.49. The Balaban J connectivity index is 1.98. The van der Waals surface area contributed by atoms with Crippen LogP contribution in [0, 0.1) is 6.92 Å². The molecule has 0 aromatic heterocycles. The lowest BCUT2D eigenvalue weighted by atomic mass is 10.2. The topological polar surface area (TPSA) is 50.4 Å². The summed E-state index contributed by atoms with van der Waals surface area (Å²) in [6.45, 7) is -0.968. The van der Waals surface area contributed by atoms with Crippen LogP contribution in [0.25, 0.3) is 0 Å². The lowest BCUT2D eigenvalue weighted by Crippen LogP contribution is -2.28. The molecule has 0 aliphatic heterocycles. The number of para-hydroxylation sites is 1. The van der Waals surface area contributed by atoms with Crippen LogP contribution in [0.4, 0.5) is 19.3 Å². The van der Waals surface area contributed by atoms with Gasteiger partial charge in [-0.3, -0.25) is 0 Å². The van der Waals surface area contributed by atoms with E-state index in [2.05, 4.69) is 31.3 Å². The number of carbonyl (C=O) groups is 1. The van der Waals surface area contributed by atoms with E-state index >= 15 is 0 Å². The zero-order valence-corrected chi connectivity index (χ0v) is 13.9. The maximum atomic E-state index is 12.3. The second-order valence-corrected chi connectivity index (χ2v) is 5.67.